The van der Waals surface area contributed by atoms with Crippen LogP contribution < -0.4 is 0 Å². The van der Waals surface area contributed by atoms with Gasteiger partial charge in [-0.05, 0) is 55.4 Å². The van der Waals surface area contributed by atoms with Gasteiger partial charge in [-0.25, -0.2) is 0 Å². The molecule has 1 amide bonds. The maximum absolute atomic E-state index is 13.7. The Morgan fingerprint density at radius 2 is 1.96 bits per heavy atom. The maximum Gasteiger partial charge on any atom is 0.306 e. The van der Waals surface area contributed by atoms with Crippen molar-refractivity contribution in [3.63, 3.8) is 0 Å². The average Bonchev–Trinajstić information content (AvgIpc) is 3.23. The predicted molar refractivity (Wildman–Crippen MR) is 99.5 cm³/mol. The quantitative estimate of drug-likeness (QED) is 0.898. The Labute approximate surface area is 155 Å². The average molecular weight is 355 g/mol. The monoisotopic (exact) mass is 355 g/mol. The molecule has 1 saturated heterocycles. The summed E-state index contributed by atoms with van der Waals surface area (Å²) >= 11 is 0. The summed E-state index contributed by atoms with van der Waals surface area (Å²) in [7, 11) is 0. The molecule has 2 saturated carbocycles. The highest BCUT2D eigenvalue weighted by atomic mass is 16.4. The summed E-state index contributed by atoms with van der Waals surface area (Å²) in [4.78, 5) is 27.1. The molecule has 1 aromatic carbocycles. The normalized spacial score (nSPS) is 36.3. The third kappa shape index (κ3) is 2.93. The number of hydrogen-bond acceptors (Lipinski definition) is 2. The lowest BCUT2D eigenvalue weighted by Crippen LogP contribution is -2.53. The van der Waals surface area contributed by atoms with Crippen molar-refractivity contribution in [2.24, 2.45) is 29.1 Å². The van der Waals surface area contributed by atoms with E-state index in [2.05, 4.69) is 24.3 Å². The van der Waals surface area contributed by atoms with E-state index in [9.17, 15) is 14.7 Å². The zero-order chi connectivity index (χ0) is 18.3. The SMILES string of the molecule is CC1CN(C(=O)C2(Cc3ccccc3)CC3CCC2C3)CCC1C(=O)O. The zero-order valence-corrected chi connectivity index (χ0v) is 15.6. The van der Waals surface area contributed by atoms with Crippen LogP contribution in [0.4, 0.5) is 0 Å². The molecule has 140 valence electrons. The molecule has 26 heavy (non-hydrogen) atoms. The molecule has 2 bridgehead atoms. The smallest absolute Gasteiger partial charge is 0.306 e. The number of carbonyl (C=O) groups is 2. The Kier molecular flexibility index (Phi) is 4.54. The third-order valence-corrected chi connectivity index (χ3v) is 7.27. The highest BCUT2D eigenvalue weighted by Gasteiger charge is 2.56. The number of likely N-dealkylation sites (tertiary alicyclic amines) is 1. The van der Waals surface area contributed by atoms with Crippen LogP contribution in [-0.2, 0) is 16.0 Å². The molecule has 0 spiro atoms. The predicted octanol–water partition coefficient (Wildman–Crippen LogP) is 3.60. The summed E-state index contributed by atoms with van der Waals surface area (Å²) in [5.74, 6) is 0.476. The molecule has 4 rings (SSSR count). The molecule has 4 nitrogen and oxygen atoms in total. The van der Waals surface area contributed by atoms with Crippen molar-refractivity contribution >= 4 is 11.9 Å². The number of rotatable bonds is 4. The van der Waals surface area contributed by atoms with Crippen LogP contribution in [-0.4, -0.2) is 35.0 Å². The molecule has 1 heterocycles. The molecule has 5 atom stereocenters. The second-order valence-electron chi connectivity index (χ2n) is 8.86. The topological polar surface area (TPSA) is 57.6 Å². The summed E-state index contributed by atoms with van der Waals surface area (Å²) in [6.07, 6.45) is 6.06. The molecule has 4 heteroatoms. The van der Waals surface area contributed by atoms with Crippen LogP contribution >= 0.6 is 0 Å². The number of amides is 1. The Hall–Kier alpha value is -1.84. The van der Waals surface area contributed by atoms with Gasteiger partial charge >= 0.3 is 5.97 Å². The number of piperidine rings is 1. The zero-order valence-electron chi connectivity index (χ0n) is 15.6. The van der Waals surface area contributed by atoms with Crippen LogP contribution in [0, 0.1) is 29.1 Å². The molecule has 3 fully saturated rings. The molecule has 0 radical (unpaired) electrons. The number of carboxylic acids is 1. The minimum absolute atomic E-state index is 0.0255. The molecule has 1 N–H and O–H groups in total. The van der Waals surface area contributed by atoms with Crippen LogP contribution in [0.25, 0.3) is 0 Å². The maximum atomic E-state index is 13.7. The number of aliphatic carboxylic acids is 1. The molecule has 1 aromatic rings. The van der Waals surface area contributed by atoms with Gasteiger partial charge in [-0.1, -0.05) is 43.7 Å². The summed E-state index contributed by atoms with van der Waals surface area (Å²) in [5, 5.41) is 9.37. The van der Waals surface area contributed by atoms with E-state index >= 15 is 0 Å². The number of carboxylic acid groups (broad SMARTS) is 1. The van der Waals surface area contributed by atoms with Gasteiger partial charge in [0.15, 0.2) is 0 Å². The molecule has 1 aliphatic heterocycles. The fourth-order valence-electron chi connectivity index (χ4n) is 5.97. The lowest BCUT2D eigenvalue weighted by atomic mass is 9.68. The van der Waals surface area contributed by atoms with E-state index < -0.39 is 5.97 Å². The summed E-state index contributed by atoms with van der Waals surface area (Å²) in [6, 6.07) is 10.4. The highest BCUT2D eigenvalue weighted by Crippen LogP contribution is 2.58. The van der Waals surface area contributed by atoms with Crippen LogP contribution in [0.3, 0.4) is 0 Å². The van der Waals surface area contributed by atoms with E-state index in [0.29, 0.717) is 37.3 Å². The van der Waals surface area contributed by atoms with E-state index in [1.165, 1.54) is 24.8 Å². The lowest BCUT2D eigenvalue weighted by molar-refractivity contribution is -0.154. The third-order valence-electron chi connectivity index (χ3n) is 7.27. The van der Waals surface area contributed by atoms with Gasteiger partial charge in [0.05, 0.1) is 11.3 Å². The van der Waals surface area contributed by atoms with E-state index in [1.807, 2.05) is 17.9 Å². The van der Waals surface area contributed by atoms with Crippen molar-refractivity contribution in [2.45, 2.75) is 45.4 Å². The Morgan fingerprint density at radius 3 is 2.54 bits per heavy atom. The summed E-state index contributed by atoms with van der Waals surface area (Å²) < 4.78 is 0. The number of hydrogen-bond donors (Lipinski definition) is 1. The minimum Gasteiger partial charge on any atom is -0.481 e. The molecule has 2 aliphatic carbocycles. The number of fused-ring (bicyclic) bond motifs is 2. The van der Waals surface area contributed by atoms with Crippen molar-refractivity contribution < 1.29 is 14.7 Å². The van der Waals surface area contributed by atoms with Crippen LogP contribution in [0.15, 0.2) is 30.3 Å². The van der Waals surface area contributed by atoms with E-state index in [1.54, 1.807) is 0 Å². The standard InChI is InChI=1S/C22H29NO3/c1-15-14-23(10-9-19(15)20(24)25)21(26)22(12-16-5-3-2-4-6-16)13-17-7-8-18(22)11-17/h2-6,15,17-19H,7-14H2,1H3,(H,24,25). The second-order valence-corrected chi connectivity index (χ2v) is 8.86. The van der Waals surface area contributed by atoms with Crippen LogP contribution in [0.2, 0.25) is 0 Å². The second kappa shape index (κ2) is 6.71. The van der Waals surface area contributed by atoms with Crippen molar-refractivity contribution in [1.82, 2.24) is 4.90 Å². The summed E-state index contributed by atoms with van der Waals surface area (Å²) in [6.45, 7) is 3.15. The highest BCUT2D eigenvalue weighted by molar-refractivity contribution is 5.84. The van der Waals surface area contributed by atoms with Crippen LogP contribution in [0.5, 0.6) is 0 Å². The van der Waals surface area contributed by atoms with Gasteiger partial charge in [0.1, 0.15) is 0 Å². The van der Waals surface area contributed by atoms with Gasteiger partial charge in [0.25, 0.3) is 0 Å². The van der Waals surface area contributed by atoms with Gasteiger partial charge in [0.2, 0.25) is 5.91 Å². The molecule has 0 aromatic heterocycles. The van der Waals surface area contributed by atoms with Crippen LogP contribution in [0.1, 0.15) is 44.6 Å². The minimum atomic E-state index is -0.719. The van der Waals surface area contributed by atoms with Gasteiger partial charge in [0, 0.05) is 13.1 Å². The Bertz CT molecular complexity index is 688. The van der Waals surface area contributed by atoms with Gasteiger partial charge in [-0.2, -0.15) is 0 Å². The van der Waals surface area contributed by atoms with Crippen molar-refractivity contribution in [2.75, 3.05) is 13.1 Å². The number of nitrogens with zero attached hydrogens (tertiary/aromatic N) is 1. The first kappa shape index (κ1) is 17.6. The number of benzene rings is 1. The van der Waals surface area contributed by atoms with Crippen molar-refractivity contribution in [3.05, 3.63) is 35.9 Å². The van der Waals surface area contributed by atoms with Gasteiger partial charge < -0.3 is 10.0 Å². The molecular weight excluding hydrogens is 326 g/mol. The van der Waals surface area contributed by atoms with Gasteiger partial charge in [-0.3, -0.25) is 9.59 Å². The van der Waals surface area contributed by atoms with E-state index in [0.717, 1.165) is 12.8 Å². The lowest BCUT2D eigenvalue weighted by Gasteiger charge is -2.44. The largest absolute Gasteiger partial charge is 0.481 e. The molecule has 3 aliphatic rings. The molecular formula is C22H29NO3. The Morgan fingerprint density at radius 1 is 1.19 bits per heavy atom. The fraction of sp³-hybridized carbons (Fsp3) is 0.636. The van der Waals surface area contributed by atoms with E-state index in [4.69, 9.17) is 0 Å². The first-order valence-electron chi connectivity index (χ1n) is 10.1. The van der Waals surface area contributed by atoms with Gasteiger partial charge in [-0.15, -0.1) is 0 Å². The fourth-order valence-corrected chi connectivity index (χ4v) is 5.97. The van der Waals surface area contributed by atoms with Crippen molar-refractivity contribution in [1.29, 1.82) is 0 Å². The number of carbonyl (C=O) groups excluding carboxylic acids is 1. The Balaban J connectivity index is 1.57. The van der Waals surface area contributed by atoms with Crippen molar-refractivity contribution in [3.8, 4) is 0 Å². The first-order chi connectivity index (χ1) is 12.5. The molecule has 5 unspecified atom stereocenters. The first-order valence-corrected chi connectivity index (χ1v) is 10.1. The summed E-state index contributed by atoms with van der Waals surface area (Å²) in [5.41, 5.74) is 0.988. The van der Waals surface area contributed by atoms with E-state index in [-0.39, 0.29) is 17.3 Å².